The molecule has 4 heteroatoms. The zero-order chi connectivity index (χ0) is 15.1. The first-order valence-electron chi connectivity index (χ1n) is 7.39. The van der Waals surface area contributed by atoms with Crippen LogP contribution in [-0.4, -0.2) is 9.97 Å². The Bertz CT molecular complexity index is 886. The summed E-state index contributed by atoms with van der Waals surface area (Å²) in [6, 6.07) is 12.9. The molecule has 0 fully saturated rings. The first kappa shape index (κ1) is 13.9. The number of aromatic nitrogens is 2. The molecule has 0 saturated carbocycles. The lowest BCUT2D eigenvalue weighted by Crippen LogP contribution is -1.89. The van der Waals surface area contributed by atoms with E-state index < -0.39 is 0 Å². The summed E-state index contributed by atoms with van der Waals surface area (Å²) in [5, 5.41) is 2.41. The van der Waals surface area contributed by atoms with Gasteiger partial charge in [0.15, 0.2) is 0 Å². The van der Waals surface area contributed by atoms with E-state index in [-0.39, 0.29) is 0 Å². The topological polar surface area (TPSA) is 25.8 Å². The Morgan fingerprint density at radius 2 is 1.18 bits per heavy atom. The Kier molecular flexibility index (Phi) is 3.43. The van der Waals surface area contributed by atoms with Gasteiger partial charge in [0.25, 0.3) is 0 Å². The van der Waals surface area contributed by atoms with Gasteiger partial charge in [-0.3, -0.25) is 0 Å². The minimum Gasteiger partial charge on any atom is -0.241 e. The maximum atomic E-state index is 4.73. The highest BCUT2D eigenvalue weighted by Gasteiger charge is 2.08. The molecule has 4 aromatic rings. The van der Waals surface area contributed by atoms with E-state index in [2.05, 4.69) is 50.2 Å². The number of hydrogen-bond acceptors (Lipinski definition) is 4. The Morgan fingerprint density at radius 1 is 0.727 bits per heavy atom. The maximum Gasteiger partial charge on any atom is 0.0942 e. The Hall–Kier alpha value is -1.78. The largest absolute Gasteiger partial charge is 0.241 e. The van der Waals surface area contributed by atoms with Crippen LogP contribution in [0.15, 0.2) is 36.4 Å². The average Bonchev–Trinajstić information content (AvgIpc) is 3.07. The highest BCUT2D eigenvalue weighted by Crippen LogP contribution is 2.27. The van der Waals surface area contributed by atoms with E-state index >= 15 is 0 Å². The molecule has 0 N–H and O–H groups in total. The normalized spacial score (nSPS) is 11.5. The van der Waals surface area contributed by atoms with Gasteiger partial charge in [0, 0.05) is 12.8 Å². The van der Waals surface area contributed by atoms with Crippen molar-refractivity contribution in [2.45, 2.75) is 26.7 Å². The smallest absolute Gasteiger partial charge is 0.0942 e. The van der Waals surface area contributed by atoms with E-state index in [0.717, 1.165) is 23.9 Å². The average molecular weight is 324 g/mol. The Labute approximate surface area is 137 Å². The van der Waals surface area contributed by atoms with Crippen LogP contribution in [-0.2, 0) is 12.8 Å². The summed E-state index contributed by atoms with van der Waals surface area (Å²) < 4.78 is 2.57. The van der Waals surface area contributed by atoms with E-state index in [1.165, 1.54) is 30.5 Å². The Balaban J connectivity index is 1.56. The number of thiazole rings is 2. The van der Waals surface area contributed by atoms with Gasteiger partial charge in [0.2, 0.25) is 0 Å². The molecule has 0 aliphatic carbocycles. The van der Waals surface area contributed by atoms with Crippen LogP contribution in [0.3, 0.4) is 0 Å². The lowest BCUT2D eigenvalue weighted by atomic mass is 10.2. The second-order valence-corrected chi connectivity index (χ2v) is 7.89. The van der Waals surface area contributed by atoms with Crippen molar-refractivity contribution in [2.24, 2.45) is 0 Å². The molecule has 0 spiro atoms. The van der Waals surface area contributed by atoms with Gasteiger partial charge in [-0.05, 0) is 49.2 Å². The van der Waals surface area contributed by atoms with Crippen molar-refractivity contribution in [1.29, 1.82) is 0 Å². The fraction of sp³-hybridized carbons (Fsp3) is 0.222. The third kappa shape index (κ3) is 2.64. The summed E-state index contributed by atoms with van der Waals surface area (Å²) in [5.41, 5.74) is 4.82. The first-order chi connectivity index (χ1) is 10.7. The van der Waals surface area contributed by atoms with Crippen molar-refractivity contribution in [3.05, 3.63) is 57.5 Å². The third-order valence-electron chi connectivity index (χ3n) is 3.73. The molecule has 0 aliphatic rings. The fourth-order valence-corrected chi connectivity index (χ4v) is 4.72. The minimum absolute atomic E-state index is 0.969. The molecule has 0 aliphatic heterocycles. The van der Waals surface area contributed by atoms with Crippen molar-refractivity contribution < 1.29 is 0 Å². The van der Waals surface area contributed by atoms with Gasteiger partial charge in [-0.25, -0.2) is 9.97 Å². The van der Waals surface area contributed by atoms with Crippen molar-refractivity contribution >= 4 is 43.1 Å². The molecule has 0 saturated heterocycles. The van der Waals surface area contributed by atoms with E-state index in [9.17, 15) is 0 Å². The molecule has 0 radical (unpaired) electrons. The van der Waals surface area contributed by atoms with Crippen molar-refractivity contribution in [2.75, 3.05) is 0 Å². The van der Waals surface area contributed by atoms with Gasteiger partial charge >= 0.3 is 0 Å². The van der Waals surface area contributed by atoms with Gasteiger partial charge in [0.05, 0.1) is 30.4 Å². The van der Waals surface area contributed by atoms with Crippen LogP contribution in [0.1, 0.15) is 21.1 Å². The lowest BCUT2D eigenvalue weighted by Gasteiger charge is -1.91. The molecule has 2 aromatic heterocycles. The molecule has 4 rings (SSSR count). The van der Waals surface area contributed by atoms with Gasteiger partial charge in [0.1, 0.15) is 0 Å². The molecule has 2 nitrogen and oxygen atoms in total. The quantitative estimate of drug-likeness (QED) is 0.510. The van der Waals surface area contributed by atoms with E-state index in [0.29, 0.717) is 0 Å². The molecule has 22 heavy (non-hydrogen) atoms. The van der Waals surface area contributed by atoms with Crippen molar-refractivity contribution in [3.63, 3.8) is 0 Å². The highest BCUT2D eigenvalue weighted by molar-refractivity contribution is 7.19. The van der Waals surface area contributed by atoms with Gasteiger partial charge in [-0.15, -0.1) is 22.7 Å². The van der Waals surface area contributed by atoms with Crippen LogP contribution in [0.25, 0.3) is 20.4 Å². The number of nitrogens with zero attached hydrogens (tertiary/aromatic N) is 2. The number of rotatable bonds is 3. The van der Waals surface area contributed by atoms with Crippen LogP contribution in [0, 0.1) is 13.8 Å². The molecular formula is C18H16N2S2. The van der Waals surface area contributed by atoms with E-state index in [1.54, 1.807) is 22.7 Å². The number of hydrogen-bond donors (Lipinski definition) is 0. The standard InChI is InChI=1S/C18H16N2S2/c1-11-3-5-13-15(9-11)21-17(19-13)7-8-18-20-14-6-4-12(2)10-16(14)22-18/h3-6,9-10H,7-8H2,1-2H3. The monoisotopic (exact) mass is 324 g/mol. The molecule has 0 atom stereocenters. The summed E-state index contributed by atoms with van der Waals surface area (Å²) in [5.74, 6) is 0. The van der Waals surface area contributed by atoms with E-state index in [4.69, 9.17) is 9.97 Å². The minimum atomic E-state index is 0.969. The van der Waals surface area contributed by atoms with Gasteiger partial charge in [-0.2, -0.15) is 0 Å². The highest BCUT2D eigenvalue weighted by atomic mass is 32.1. The number of benzene rings is 2. The molecule has 0 bridgehead atoms. The molecule has 0 amide bonds. The Morgan fingerprint density at radius 3 is 1.64 bits per heavy atom. The van der Waals surface area contributed by atoms with Crippen LogP contribution >= 0.6 is 22.7 Å². The maximum absolute atomic E-state index is 4.73. The van der Waals surface area contributed by atoms with E-state index in [1.807, 2.05) is 0 Å². The number of aryl methyl sites for hydroxylation is 4. The first-order valence-corrected chi connectivity index (χ1v) is 9.03. The molecule has 2 heterocycles. The van der Waals surface area contributed by atoms with Gasteiger partial charge < -0.3 is 0 Å². The van der Waals surface area contributed by atoms with Crippen LogP contribution < -0.4 is 0 Å². The predicted molar refractivity (Wildman–Crippen MR) is 96.1 cm³/mol. The zero-order valence-electron chi connectivity index (χ0n) is 12.6. The third-order valence-corrected chi connectivity index (χ3v) is 5.89. The summed E-state index contributed by atoms with van der Waals surface area (Å²) >= 11 is 3.61. The number of fused-ring (bicyclic) bond motifs is 2. The lowest BCUT2D eigenvalue weighted by molar-refractivity contribution is 0.939. The molecule has 0 unspecified atom stereocenters. The second kappa shape index (κ2) is 5.45. The fourth-order valence-electron chi connectivity index (χ4n) is 2.59. The van der Waals surface area contributed by atoms with Crippen molar-refractivity contribution in [3.8, 4) is 0 Å². The summed E-state index contributed by atoms with van der Waals surface area (Å²) in [6.07, 6.45) is 1.94. The van der Waals surface area contributed by atoms with Crippen LogP contribution in [0.4, 0.5) is 0 Å². The zero-order valence-corrected chi connectivity index (χ0v) is 14.2. The summed E-state index contributed by atoms with van der Waals surface area (Å²) in [6.45, 7) is 4.25. The summed E-state index contributed by atoms with van der Waals surface area (Å²) in [7, 11) is 0. The summed E-state index contributed by atoms with van der Waals surface area (Å²) in [4.78, 5) is 9.46. The molecule has 2 aromatic carbocycles. The molecular weight excluding hydrogens is 308 g/mol. The predicted octanol–water partition coefficient (Wildman–Crippen LogP) is 5.31. The van der Waals surface area contributed by atoms with Crippen LogP contribution in [0.2, 0.25) is 0 Å². The van der Waals surface area contributed by atoms with Gasteiger partial charge in [-0.1, -0.05) is 12.1 Å². The van der Waals surface area contributed by atoms with Crippen molar-refractivity contribution in [1.82, 2.24) is 9.97 Å². The SMILES string of the molecule is Cc1ccc2nc(CCc3nc4ccc(C)cc4s3)sc2c1. The second-order valence-electron chi connectivity index (χ2n) is 5.66. The molecule has 110 valence electrons. The van der Waals surface area contributed by atoms with Crippen LogP contribution in [0.5, 0.6) is 0 Å².